The number of fused-ring (bicyclic) bond motifs is 3. The molecule has 0 nitrogen and oxygen atoms in total. The summed E-state index contributed by atoms with van der Waals surface area (Å²) < 4.78 is 2.46. The van der Waals surface area contributed by atoms with Crippen molar-refractivity contribution in [1.82, 2.24) is 0 Å². The quantitative estimate of drug-likeness (QED) is 0.715. The summed E-state index contributed by atoms with van der Waals surface area (Å²) in [6.45, 7) is 7.94. The molecule has 0 spiro atoms. The summed E-state index contributed by atoms with van der Waals surface area (Å²) in [4.78, 5) is 0. The molecule has 0 radical (unpaired) electrons. The van der Waals surface area contributed by atoms with Crippen LogP contribution in [0.5, 0.6) is 0 Å². The first kappa shape index (κ1) is 10.5. The lowest BCUT2D eigenvalue weighted by atomic mass is 9.94. The summed E-state index contributed by atoms with van der Waals surface area (Å²) in [5.74, 6) is 0. The van der Waals surface area contributed by atoms with Gasteiger partial charge in [-0.2, -0.15) is 0 Å². The van der Waals surface area contributed by atoms with Crippen LogP contribution < -0.4 is 9.75 Å². The van der Waals surface area contributed by atoms with Crippen molar-refractivity contribution in [2.45, 2.75) is 12.8 Å². The number of thiophene rings is 1. The van der Waals surface area contributed by atoms with Crippen LogP contribution in [-0.4, -0.2) is 0 Å². The molecule has 0 saturated carbocycles. The molecule has 1 aromatic heterocycles. The SMILES string of the molecule is C=C/C=c1\c(=C)sc2ccc3c(c12)C=CCC3. The molecular formula is C16H14S. The lowest BCUT2D eigenvalue weighted by molar-refractivity contribution is 0.990. The summed E-state index contributed by atoms with van der Waals surface area (Å²) in [6, 6.07) is 4.49. The van der Waals surface area contributed by atoms with Gasteiger partial charge >= 0.3 is 0 Å². The van der Waals surface area contributed by atoms with Gasteiger partial charge in [0.2, 0.25) is 0 Å². The Labute approximate surface area is 105 Å². The van der Waals surface area contributed by atoms with E-state index in [4.69, 9.17) is 0 Å². The zero-order valence-electron chi connectivity index (χ0n) is 9.70. The molecule has 2 aromatic rings. The molecule has 0 bridgehead atoms. The number of hydrogen-bond donors (Lipinski definition) is 0. The smallest absolute Gasteiger partial charge is 0.0361 e. The summed E-state index contributed by atoms with van der Waals surface area (Å²) >= 11 is 1.77. The second-order valence-corrected chi connectivity index (χ2v) is 5.43. The van der Waals surface area contributed by atoms with Crippen molar-refractivity contribution in [3.63, 3.8) is 0 Å². The normalized spacial score (nSPS) is 15.2. The van der Waals surface area contributed by atoms with Crippen LogP contribution in [0, 0.1) is 0 Å². The van der Waals surface area contributed by atoms with Crippen LogP contribution in [0.15, 0.2) is 30.9 Å². The molecule has 0 N–H and O–H groups in total. The molecular weight excluding hydrogens is 224 g/mol. The van der Waals surface area contributed by atoms with Gasteiger partial charge in [-0.05, 0) is 30.0 Å². The van der Waals surface area contributed by atoms with Gasteiger partial charge in [-0.15, -0.1) is 11.3 Å². The number of allylic oxidation sites excluding steroid dienone is 2. The first-order valence-corrected chi connectivity index (χ1v) is 6.65. The summed E-state index contributed by atoms with van der Waals surface area (Å²) in [7, 11) is 0. The minimum Gasteiger partial charge on any atom is -0.136 e. The first-order valence-electron chi connectivity index (χ1n) is 5.84. The van der Waals surface area contributed by atoms with E-state index in [2.05, 4.69) is 43.5 Å². The highest BCUT2D eigenvalue weighted by Crippen LogP contribution is 2.27. The Morgan fingerprint density at radius 3 is 3.00 bits per heavy atom. The average molecular weight is 238 g/mol. The summed E-state index contributed by atoms with van der Waals surface area (Å²) in [5.41, 5.74) is 2.84. The molecule has 0 aliphatic heterocycles. The Morgan fingerprint density at radius 2 is 2.18 bits per heavy atom. The predicted molar refractivity (Wildman–Crippen MR) is 78.6 cm³/mol. The maximum Gasteiger partial charge on any atom is 0.0361 e. The van der Waals surface area contributed by atoms with E-state index in [0.717, 1.165) is 17.4 Å². The van der Waals surface area contributed by atoms with Gasteiger partial charge in [0.05, 0.1) is 0 Å². The predicted octanol–water partition coefficient (Wildman–Crippen LogP) is 3.24. The molecule has 0 saturated heterocycles. The van der Waals surface area contributed by atoms with Crippen LogP contribution in [0.25, 0.3) is 28.8 Å². The average Bonchev–Trinajstić information content (AvgIpc) is 2.67. The first-order chi connectivity index (χ1) is 8.31. The molecule has 0 atom stereocenters. The van der Waals surface area contributed by atoms with E-state index in [0.29, 0.717) is 0 Å². The lowest BCUT2D eigenvalue weighted by Crippen LogP contribution is -2.17. The zero-order chi connectivity index (χ0) is 11.8. The van der Waals surface area contributed by atoms with E-state index in [-0.39, 0.29) is 0 Å². The molecule has 0 amide bonds. The fourth-order valence-corrected chi connectivity index (χ4v) is 3.48. The second-order valence-electron chi connectivity index (χ2n) is 4.29. The third-order valence-corrected chi connectivity index (χ3v) is 4.28. The van der Waals surface area contributed by atoms with Crippen LogP contribution in [0.1, 0.15) is 17.5 Å². The molecule has 0 fully saturated rings. The summed E-state index contributed by atoms with van der Waals surface area (Å²) in [5, 5.41) is 2.59. The molecule has 1 aliphatic rings. The molecule has 84 valence electrons. The Balaban J connectivity index is 2.55. The van der Waals surface area contributed by atoms with Gasteiger partial charge in [-0.25, -0.2) is 0 Å². The maximum absolute atomic E-state index is 4.14. The second kappa shape index (κ2) is 4.01. The highest BCUT2D eigenvalue weighted by atomic mass is 32.1. The minimum atomic E-state index is 1.13. The van der Waals surface area contributed by atoms with Crippen molar-refractivity contribution in [2.75, 3.05) is 0 Å². The van der Waals surface area contributed by atoms with Gasteiger partial charge in [0, 0.05) is 19.8 Å². The topological polar surface area (TPSA) is 0 Å². The van der Waals surface area contributed by atoms with Crippen molar-refractivity contribution in [1.29, 1.82) is 0 Å². The Bertz CT molecular complexity index is 729. The Morgan fingerprint density at radius 1 is 1.29 bits per heavy atom. The van der Waals surface area contributed by atoms with Crippen molar-refractivity contribution in [3.8, 4) is 0 Å². The molecule has 1 aromatic carbocycles. The van der Waals surface area contributed by atoms with Gasteiger partial charge in [0.1, 0.15) is 0 Å². The van der Waals surface area contributed by atoms with E-state index in [9.17, 15) is 0 Å². The highest BCUT2D eigenvalue weighted by molar-refractivity contribution is 7.17. The third-order valence-electron chi connectivity index (χ3n) is 3.25. The largest absolute Gasteiger partial charge is 0.136 e. The van der Waals surface area contributed by atoms with Crippen LogP contribution in [0.4, 0.5) is 0 Å². The molecule has 1 heterocycles. The van der Waals surface area contributed by atoms with Crippen LogP contribution in [0.2, 0.25) is 0 Å². The lowest BCUT2D eigenvalue weighted by Gasteiger charge is -2.11. The standard InChI is InChI=1S/C16H14S/c1-3-6-13-11(2)17-15-10-9-12-7-4-5-8-14(12)16(13)15/h3,5-6,8-10H,1-2,4,7H2/b13-6+. The monoisotopic (exact) mass is 238 g/mol. The van der Waals surface area contributed by atoms with E-state index in [1.165, 1.54) is 26.4 Å². The van der Waals surface area contributed by atoms with Gasteiger partial charge in [-0.1, -0.05) is 43.5 Å². The third kappa shape index (κ3) is 1.58. The van der Waals surface area contributed by atoms with Crippen molar-refractivity contribution < 1.29 is 0 Å². The summed E-state index contributed by atoms with van der Waals surface area (Å²) in [6.07, 6.45) is 10.7. The zero-order valence-corrected chi connectivity index (χ0v) is 10.5. The number of benzene rings is 1. The van der Waals surface area contributed by atoms with Gasteiger partial charge in [0.25, 0.3) is 0 Å². The van der Waals surface area contributed by atoms with Gasteiger partial charge in [-0.3, -0.25) is 0 Å². The van der Waals surface area contributed by atoms with E-state index in [1.807, 2.05) is 6.08 Å². The fourth-order valence-electron chi connectivity index (χ4n) is 2.48. The molecule has 1 aliphatic carbocycles. The molecule has 3 rings (SSSR count). The fraction of sp³-hybridized carbons (Fsp3) is 0.125. The Hall–Kier alpha value is -1.60. The molecule has 0 unspecified atom stereocenters. The van der Waals surface area contributed by atoms with Crippen molar-refractivity contribution >= 4 is 40.2 Å². The van der Waals surface area contributed by atoms with Crippen molar-refractivity contribution in [2.24, 2.45) is 0 Å². The van der Waals surface area contributed by atoms with Crippen LogP contribution in [0.3, 0.4) is 0 Å². The van der Waals surface area contributed by atoms with Gasteiger partial charge < -0.3 is 0 Å². The van der Waals surface area contributed by atoms with E-state index >= 15 is 0 Å². The van der Waals surface area contributed by atoms with E-state index in [1.54, 1.807) is 11.3 Å². The highest BCUT2D eigenvalue weighted by Gasteiger charge is 2.10. The van der Waals surface area contributed by atoms with E-state index < -0.39 is 0 Å². The van der Waals surface area contributed by atoms with Crippen LogP contribution >= 0.6 is 11.3 Å². The number of hydrogen-bond acceptors (Lipinski definition) is 1. The molecule has 1 heteroatoms. The minimum absolute atomic E-state index is 1.13. The number of rotatable bonds is 1. The van der Waals surface area contributed by atoms with Crippen molar-refractivity contribution in [3.05, 3.63) is 51.7 Å². The Kier molecular flexibility index (Phi) is 2.49. The van der Waals surface area contributed by atoms with Gasteiger partial charge in [0.15, 0.2) is 0 Å². The number of aryl methyl sites for hydroxylation is 1. The van der Waals surface area contributed by atoms with Crippen LogP contribution in [-0.2, 0) is 6.42 Å². The maximum atomic E-state index is 4.14. The molecule has 17 heavy (non-hydrogen) atoms.